The van der Waals surface area contributed by atoms with E-state index in [4.69, 9.17) is 4.42 Å². The smallest absolute Gasteiger partial charge is 0.197 e. The molecular formula is C13H17N3O. The number of likely N-dealkylation sites (N-methyl/N-ethyl adjacent to an activating group) is 1. The zero-order valence-corrected chi connectivity index (χ0v) is 10.0. The first-order valence-corrected chi connectivity index (χ1v) is 6.08. The van der Waals surface area contributed by atoms with Crippen LogP contribution in [-0.2, 0) is 6.42 Å². The van der Waals surface area contributed by atoms with Gasteiger partial charge in [0.1, 0.15) is 5.52 Å². The van der Waals surface area contributed by atoms with Crippen molar-refractivity contribution >= 4 is 11.1 Å². The lowest BCUT2D eigenvalue weighted by Crippen LogP contribution is -2.50. The number of benzene rings is 1. The fourth-order valence-electron chi connectivity index (χ4n) is 2.30. The van der Waals surface area contributed by atoms with Crippen molar-refractivity contribution < 1.29 is 4.42 Å². The van der Waals surface area contributed by atoms with E-state index >= 15 is 0 Å². The number of oxazole rings is 1. The number of hydrogen-bond acceptors (Lipinski definition) is 4. The molecule has 1 aliphatic heterocycles. The topological polar surface area (TPSA) is 41.3 Å². The van der Waals surface area contributed by atoms with Crippen LogP contribution < -0.4 is 5.32 Å². The first kappa shape index (κ1) is 10.7. The summed E-state index contributed by atoms with van der Waals surface area (Å²) in [6, 6.07) is 8.41. The number of aromatic nitrogens is 1. The Labute approximate surface area is 101 Å². The Bertz CT molecular complexity index is 475. The van der Waals surface area contributed by atoms with Crippen LogP contribution in [0.5, 0.6) is 0 Å². The largest absolute Gasteiger partial charge is 0.441 e. The molecule has 0 bridgehead atoms. The van der Waals surface area contributed by atoms with Crippen molar-refractivity contribution in [2.24, 2.45) is 0 Å². The summed E-state index contributed by atoms with van der Waals surface area (Å²) in [5, 5.41) is 3.41. The van der Waals surface area contributed by atoms with E-state index in [1.54, 1.807) is 0 Å². The number of nitrogens with one attached hydrogen (secondary N) is 1. The summed E-state index contributed by atoms with van der Waals surface area (Å²) in [4.78, 5) is 6.89. The molecule has 90 valence electrons. The predicted octanol–water partition coefficient (Wildman–Crippen LogP) is 1.27. The molecule has 4 heteroatoms. The quantitative estimate of drug-likeness (QED) is 0.845. The predicted molar refractivity (Wildman–Crippen MR) is 67.0 cm³/mol. The second-order valence-corrected chi connectivity index (χ2v) is 4.62. The Hall–Kier alpha value is -1.39. The molecule has 0 aliphatic carbocycles. The highest BCUT2D eigenvalue weighted by molar-refractivity contribution is 5.72. The van der Waals surface area contributed by atoms with Gasteiger partial charge in [-0.1, -0.05) is 12.1 Å². The average molecular weight is 231 g/mol. The third-order valence-electron chi connectivity index (χ3n) is 3.39. The van der Waals surface area contributed by atoms with E-state index in [0.717, 1.165) is 43.0 Å². The fraction of sp³-hybridized carbons (Fsp3) is 0.462. The Morgan fingerprint density at radius 1 is 1.47 bits per heavy atom. The van der Waals surface area contributed by atoms with Gasteiger partial charge in [0.15, 0.2) is 11.5 Å². The van der Waals surface area contributed by atoms with Gasteiger partial charge in [0.2, 0.25) is 0 Å². The van der Waals surface area contributed by atoms with Crippen LogP contribution in [0.2, 0.25) is 0 Å². The lowest BCUT2D eigenvalue weighted by Gasteiger charge is -2.32. The van der Waals surface area contributed by atoms with Gasteiger partial charge in [-0.3, -0.25) is 0 Å². The first-order chi connectivity index (χ1) is 8.33. The highest BCUT2D eigenvalue weighted by Crippen LogP contribution is 2.17. The van der Waals surface area contributed by atoms with Crippen LogP contribution in [0.25, 0.3) is 11.1 Å². The Kier molecular flexibility index (Phi) is 2.82. The first-order valence-electron chi connectivity index (χ1n) is 6.08. The van der Waals surface area contributed by atoms with Gasteiger partial charge in [-0.25, -0.2) is 4.98 Å². The summed E-state index contributed by atoms with van der Waals surface area (Å²) >= 11 is 0. The van der Waals surface area contributed by atoms with Crippen molar-refractivity contribution in [2.75, 3.05) is 26.7 Å². The van der Waals surface area contributed by atoms with Crippen molar-refractivity contribution in [2.45, 2.75) is 12.5 Å². The number of nitrogens with zero attached hydrogens (tertiary/aromatic N) is 2. The van der Waals surface area contributed by atoms with Crippen LogP contribution >= 0.6 is 0 Å². The molecule has 0 spiro atoms. The van der Waals surface area contributed by atoms with Crippen LogP contribution in [0, 0.1) is 0 Å². The number of rotatable bonds is 2. The molecule has 0 saturated carbocycles. The van der Waals surface area contributed by atoms with Gasteiger partial charge in [-0.15, -0.1) is 0 Å². The number of piperazine rings is 1. The molecule has 1 unspecified atom stereocenters. The van der Waals surface area contributed by atoms with Crippen molar-refractivity contribution in [3.05, 3.63) is 30.2 Å². The maximum absolute atomic E-state index is 5.75. The highest BCUT2D eigenvalue weighted by Gasteiger charge is 2.21. The molecular weight excluding hydrogens is 214 g/mol. The summed E-state index contributed by atoms with van der Waals surface area (Å²) in [5.41, 5.74) is 1.84. The van der Waals surface area contributed by atoms with Crippen LogP contribution in [0.3, 0.4) is 0 Å². The van der Waals surface area contributed by atoms with Gasteiger partial charge >= 0.3 is 0 Å². The maximum atomic E-state index is 5.75. The molecule has 1 N–H and O–H groups in total. The Morgan fingerprint density at radius 2 is 2.35 bits per heavy atom. The molecule has 1 aromatic heterocycles. The average Bonchev–Trinajstić information content (AvgIpc) is 2.74. The molecule has 0 amide bonds. The van der Waals surface area contributed by atoms with Crippen molar-refractivity contribution in [1.29, 1.82) is 0 Å². The van der Waals surface area contributed by atoms with Crippen LogP contribution in [0.15, 0.2) is 28.7 Å². The van der Waals surface area contributed by atoms with Crippen LogP contribution in [0.1, 0.15) is 5.89 Å². The second-order valence-electron chi connectivity index (χ2n) is 4.62. The lowest BCUT2D eigenvalue weighted by molar-refractivity contribution is 0.191. The van der Waals surface area contributed by atoms with Gasteiger partial charge in [-0.05, 0) is 19.2 Å². The molecule has 2 heterocycles. The van der Waals surface area contributed by atoms with Gasteiger partial charge in [0.05, 0.1) is 0 Å². The number of hydrogen-bond donors (Lipinski definition) is 1. The molecule has 1 saturated heterocycles. The summed E-state index contributed by atoms with van der Waals surface area (Å²) in [6.45, 7) is 3.17. The molecule has 1 aliphatic rings. The fourth-order valence-corrected chi connectivity index (χ4v) is 2.30. The maximum Gasteiger partial charge on any atom is 0.197 e. The standard InChI is InChI=1S/C13H17N3O/c1-16-7-6-14-9-10(16)8-13-15-11-4-2-3-5-12(11)17-13/h2-5,10,14H,6-9H2,1H3. The Morgan fingerprint density at radius 3 is 3.18 bits per heavy atom. The highest BCUT2D eigenvalue weighted by atomic mass is 16.3. The van der Waals surface area contributed by atoms with E-state index in [0.29, 0.717) is 6.04 Å². The summed E-state index contributed by atoms with van der Waals surface area (Å²) in [5.74, 6) is 0.840. The minimum atomic E-state index is 0.483. The van der Waals surface area contributed by atoms with E-state index < -0.39 is 0 Å². The number of para-hydroxylation sites is 2. The summed E-state index contributed by atoms with van der Waals surface area (Å²) in [6.07, 6.45) is 0.873. The molecule has 1 aromatic carbocycles. The minimum Gasteiger partial charge on any atom is -0.441 e. The number of fused-ring (bicyclic) bond motifs is 1. The lowest BCUT2D eigenvalue weighted by atomic mass is 10.1. The minimum absolute atomic E-state index is 0.483. The van der Waals surface area contributed by atoms with Crippen molar-refractivity contribution in [1.82, 2.24) is 15.2 Å². The summed E-state index contributed by atoms with van der Waals surface area (Å²) < 4.78 is 5.75. The summed E-state index contributed by atoms with van der Waals surface area (Å²) in [7, 11) is 2.16. The van der Waals surface area contributed by atoms with E-state index in [2.05, 4.69) is 22.2 Å². The van der Waals surface area contributed by atoms with Crippen molar-refractivity contribution in [3.8, 4) is 0 Å². The van der Waals surface area contributed by atoms with Gasteiger partial charge in [0, 0.05) is 32.1 Å². The monoisotopic (exact) mass is 231 g/mol. The normalized spacial score (nSPS) is 22.1. The molecule has 0 radical (unpaired) electrons. The zero-order chi connectivity index (χ0) is 11.7. The van der Waals surface area contributed by atoms with E-state index in [1.807, 2.05) is 24.3 Å². The second kappa shape index (κ2) is 4.47. The molecule has 1 fully saturated rings. The molecule has 2 aromatic rings. The van der Waals surface area contributed by atoms with Crippen LogP contribution in [-0.4, -0.2) is 42.6 Å². The van der Waals surface area contributed by atoms with Crippen LogP contribution in [0.4, 0.5) is 0 Å². The SMILES string of the molecule is CN1CCNCC1Cc1nc2ccccc2o1. The van der Waals surface area contributed by atoms with Crippen molar-refractivity contribution in [3.63, 3.8) is 0 Å². The molecule has 3 rings (SSSR count). The third kappa shape index (κ3) is 2.18. The van der Waals surface area contributed by atoms with Gasteiger partial charge in [-0.2, -0.15) is 0 Å². The van der Waals surface area contributed by atoms with E-state index in [9.17, 15) is 0 Å². The molecule has 4 nitrogen and oxygen atoms in total. The third-order valence-corrected chi connectivity index (χ3v) is 3.39. The molecule has 1 atom stereocenters. The van der Waals surface area contributed by atoms with E-state index in [-0.39, 0.29) is 0 Å². The molecule has 17 heavy (non-hydrogen) atoms. The zero-order valence-electron chi connectivity index (χ0n) is 10.0. The Balaban J connectivity index is 1.79. The van der Waals surface area contributed by atoms with Gasteiger partial charge < -0.3 is 14.6 Å². The van der Waals surface area contributed by atoms with E-state index in [1.165, 1.54) is 0 Å². The van der Waals surface area contributed by atoms with Gasteiger partial charge in [0.25, 0.3) is 0 Å².